The highest BCUT2D eigenvalue weighted by molar-refractivity contribution is 6.11. The van der Waals surface area contributed by atoms with E-state index in [4.69, 9.17) is 4.42 Å². The molecular weight excluding hydrogens is 413 g/mol. The van der Waals surface area contributed by atoms with Gasteiger partial charge in [-0.1, -0.05) is 36.4 Å². The number of para-hydroxylation sites is 1. The minimum absolute atomic E-state index is 0.0552. The fourth-order valence-electron chi connectivity index (χ4n) is 3.41. The van der Waals surface area contributed by atoms with Gasteiger partial charge in [-0.25, -0.2) is 9.18 Å². The van der Waals surface area contributed by atoms with Gasteiger partial charge in [0.1, 0.15) is 11.6 Å². The Balaban J connectivity index is 1.82. The number of benzene rings is 3. The number of rotatable bonds is 4. The van der Waals surface area contributed by atoms with E-state index in [1.165, 1.54) is 25.3 Å². The standard InChI is InChI=1S/C25H18FNO5/c1-14-21(28)17-9-6-10-18(23(17)32-22(14)15-7-4-3-5-8-15)24(29)27-20-13-16(25(30)31-2)11-12-19(20)26/h3-13H,1-2H3,(H,27,29). The fourth-order valence-corrected chi connectivity index (χ4v) is 3.41. The van der Waals surface area contributed by atoms with E-state index in [1.54, 1.807) is 31.2 Å². The normalized spacial score (nSPS) is 10.7. The maximum Gasteiger partial charge on any atom is 0.337 e. The van der Waals surface area contributed by atoms with Crippen LogP contribution in [0.1, 0.15) is 26.3 Å². The van der Waals surface area contributed by atoms with E-state index >= 15 is 0 Å². The van der Waals surface area contributed by atoms with Crippen molar-refractivity contribution in [2.24, 2.45) is 0 Å². The molecule has 4 rings (SSSR count). The Labute approximate surface area is 182 Å². The van der Waals surface area contributed by atoms with Crippen LogP contribution in [0, 0.1) is 12.7 Å². The second-order valence-electron chi connectivity index (χ2n) is 7.07. The molecule has 0 aliphatic heterocycles. The van der Waals surface area contributed by atoms with Gasteiger partial charge in [-0.05, 0) is 37.3 Å². The van der Waals surface area contributed by atoms with Crippen LogP contribution in [-0.2, 0) is 4.74 Å². The Bertz CT molecular complexity index is 1410. The number of fused-ring (bicyclic) bond motifs is 1. The van der Waals surface area contributed by atoms with E-state index < -0.39 is 17.7 Å². The van der Waals surface area contributed by atoms with Gasteiger partial charge in [0.25, 0.3) is 5.91 Å². The molecule has 0 fully saturated rings. The lowest BCUT2D eigenvalue weighted by Gasteiger charge is -2.12. The number of anilines is 1. The molecular formula is C25H18FNO5. The summed E-state index contributed by atoms with van der Waals surface area (Å²) in [5.74, 6) is -1.74. The lowest BCUT2D eigenvalue weighted by atomic mass is 10.0. The first-order chi connectivity index (χ1) is 15.4. The van der Waals surface area contributed by atoms with Crippen molar-refractivity contribution < 1.29 is 23.1 Å². The summed E-state index contributed by atoms with van der Waals surface area (Å²) in [5, 5.41) is 2.68. The van der Waals surface area contributed by atoms with Gasteiger partial charge in [-0.3, -0.25) is 9.59 Å². The van der Waals surface area contributed by atoms with Crippen LogP contribution in [-0.4, -0.2) is 19.0 Å². The van der Waals surface area contributed by atoms with E-state index in [1.807, 2.05) is 18.2 Å². The van der Waals surface area contributed by atoms with Crippen LogP contribution >= 0.6 is 0 Å². The quantitative estimate of drug-likeness (QED) is 0.462. The molecule has 0 aliphatic rings. The zero-order valence-corrected chi connectivity index (χ0v) is 17.3. The first-order valence-corrected chi connectivity index (χ1v) is 9.71. The van der Waals surface area contributed by atoms with Crippen LogP contribution in [0.15, 0.2) is 75.9 Å². The number of hydrogen-bond acceptors (Lipinski definition) is 5. The zero-order valence-electron chi connectivity index (χ0n) is 17.3. The van der Waals surface area contributed by atoms with Gasteiger partial charge in [0.15, 0.2) is 11.0 Å². The number of ether oxygens (including phenoxy) is 1. The molecule has 3 aromatic carbocycles. The van der Waals surface area contributed by atoms with E-state index in [0.29, 0.717) is 16.9 Å². The number of amides is 1. The van der Waals surface area contributed by atoms with Crippen LogP contribution in [0.25, 0.3) is 22.3 Å². The first-order valence-electron chi connectivity index (χ1n) is 9.71. The number of nitrogens with one attached hydrogen (secondary N) is 1. The van der Waals surface area contributed by atoms with Crippen molar-refractivity contribution in [3.8, 4) is 11.3 Å². The molecule has 1 N–H and O–H groups in total. The third-order valence-corrected chi connectivity index (χ3v) is 5.06. The minimum Gasteiger partial charge on any atom is -0.465 e. The molecule has 0 saturated heterocycles. The molecule has 4 aromatic rings. The van der Waals surface area contributed by atoms with Crippen molar-refractivity contribution in [2.45, 2.75) is 6.92 Å². The molecule has 0 radical (unpaired) electrons. The molecule has 7 heteroatoms. The van der Waals surface area contributed by atoms with Gasteiger partial charge in [-0.15, -0.1) is 0 Å². The number of methoxy groups -OCH3 is 1. The predicted octanol–water partition coefficient (Wildman–Crippen LogP) is 4.95. The molecule has 0 aliphatic carbocycles. The Hall–Kier alpha value is -4.26. The van der Waals surface area contributed by atoms with Crippen LogP contribution in [0.5, 0.6) is 0 Å². The SMILES string of the molecule is COC(=O)c1ccc(F)c(NC(=O)c2cccc3c(=O)c(C)c(-c4ccccc4)oc23)c1. The summed E-state index contributed by atoms with van der Waals surface area (Å²) >= 11 is 0. The second-order valence-corrected chi connectivity index (χ2v) is 7.07. The number of hydrogen-bond donors (Lipinski definition) is 1. The summed E-state index contributed by atoms with van der Waals surface area (Å²) in [6, 6.07) is 17.2. The van der Waals surface area contributed by atoms with E-state index in [9.17, 15) is 18.8 Å². The van der Waals surface area contributed by atoms with Gasteiger partial charge in [-0.2, -0.15) is 0 Å². The maximum atomic E-state index is 14.3. The van der Waals surface area contributed by atoms with E-state index in [0.717, 1.165) is 6.07 Å². The predicted molar refractivity (Wildman–Crippen MR) is 118 cm³/mol. The molecule has 1 heterocycles. The molecule has 6 nitrogen and oxygen atoms in total. The Morgan fingerprint density at radius 1 is 1.00 bits per heavy atom. The average molecular weight is 431 g/mol. The van der Waals surface area contributed by atoms with Crippen molar-refractivity contribution in [2.75, 3.05) is 12.4 Å². The largest absolute Gasteiger partial charge is 0.465 e. The first kappa shape index (κ1) is 21.0. The summed E-state index contributed by atoms with van der Waals surface area (Å²) < 4.78 is 25.0. The third-order valence-electron chi connectivity index (χ3n) is 5.06. The number of carbonyl (C=O) groups excluding carboxylic acids is 2. The van der Waals surface area contributed by atoms with Crippen LogP contribution < -0.4 is 10.7 Å². The minimum atomic E-state index is -0.728. The van der Waals surface area contributed by atoms with E-state index in [2.05, 4.69) is 10.1 Å². The number of carbonyl (C=O) groups is 2. The smallest absolute Gasteiger partial charge is 0.337 e. The lowest BCUT2D eigenvalue weighted by Crippen LogP contribution is -2.16. The summed E-state index contributed by atoms with van der Waals surface area (Å²) in [6.07, 6.45) is 0. The summed E-state index contributed by atoms with van der Waals surface area (Å²) in [6.45, 7) is 1.66. The summed E-state index contributed by atoms with van der Waals surface area (Å²) in [5.41, 5.74) is 0.861. The Morgan fingerprint density at radius 2 is 1.75 bits per heavy atom. The van der Waals surface area contributed by atoms with Gasteiger partial charge in [0, 0.05) is 11.1 Å². The third kappa shape index (κ3) is 3.76. The van der Waals surface area contributed by atoms with Crippen LogP contribution in [0.3, 0.4) is 0 Å². The van der Waals surface area contributed by atoms with Crippen molar-refractivity contribution >= 4 is 28.5 Å². The van der Waals surface area contributed by atoms with E-state index in [-0.39, 0.29) is 33.2 Å². The molecule has 0 bridgehead atoms. The van der Waals surface area contributed by atoms with Gasteiger partial charge in [0.05, 0.1) is 29.3 Å². The van der Waals surface area contributed by atoms with Crippen LogP contribution in [0.2, 0.25) is 0 Å². The molecule has 0 spiro atoms. The zero-order chi connectivity index (χ0) is 22.8. The highest BCUT2D eigenvalue weighted by Gasteiger charge is 2.20. The molecule has 0 saturated carbocycles. The van der Waals surface area contributed by atoms with Gasteiger partial charge in [0.2, 0.25) is 0 Å². The van der Waals surface area contributed by atoms with Crippen LogP contribution in [0.4, 0.5) is 10.1 Å². The molecule has 0 unspecified atom stereocenters. The van der Waals surface area contributed by atoms with Crippen molar-refractivity contribution in [3.63, 3.8) is 0 Å². The van der Waals surface area contributed by atoms with Gasteiger partial charge >= 0.3 is 5.97 Å². The monoisotopic (exact) mass is 431 g/mol. The fraction of sp³-hybridized carbons (Fsp3) is 0.0800. The Kier molecular flexibility index (Phi) is 5.55. The number of halogens is 1. The topological polar surface area (TPSA) is 85.6 Å². The highest BCUT2D eigenvalue weighted by Crippen LogP contribution is 2.28. The molecule has 1 aromatic heterocycles. The highest BCUT2D eigenvalue weighted by atomic mass is 19.1. The average Bonchev–Trinajstić information content (AvgIpc) is 2.82. The van der Waals surface area contributed by atoms with Gasteiger partial charge < -0.3 is 14.5 Å². The number of esters is 1. The Morgan fingerprint density at radius 3 is 2.47 bits per heavy atom. The lowest BCUT2D eigenvalue weighted by molar-refractivity contribution is 0.0600. The van der Waals surface area contributed by atoms with Crippen molar-refractivity contribution in [1.29, 1.82) is 0 Å². The second kappa shape index (κ2) is 8.47. The molecule has 1 amide bonds. The summed E-state index contributed by atoms with van der Waals surface area (Å²) in [7, 11) is 1.20. The molecule has 0 atom stereocenters. The molecule has 160 valence electrons. The molecule has 32 heavy (non-hydrogen) atoms. The van der Waals surface area contributed by atoms with Crippen molar-refractivity contribution in [3.05, 3.63) is 99.5 Å². The maximum absolute atomic E-state index is 14.3. The van der Waals surface area contributed by atoms with Crippen molar-refractivity contribution in [1.82, 2.24) is 0 Å². The summed E-state index contributed by atoms with van der Waals surface area (Å²) in [4.78, 5) is 37.7.